The van der Waals surface area contributed by atoms with Gasteiger partial charge in [-0.2, -0.15) is 4.98 Å². The average Bonchev–Trinajstić information content (AvgIpc) is 2.40. The Morgan fingerprint density at radius 2 is 1.95 bits per heavy atom. The maximum atomic E-state index is 9.20. The molecule has 1 aromatic heterocycles. The molecular weight excluding hydrogens is 242 g/mol. The van der Waals surface area contributed by atoms with Gasteiger partial charge in [0.25, 0.3) is 0 Å². The van der Waals surface area contributed by atoms with E-state index in [0.717, 1.165) is 24.2 Å². The highest BCUT2D eigenvalue weighted by atomic mass is 16.5. The Hall–Kier alpha value is -2.30. The van der Waals surface area contributed by atoms with Crippen LogP contribution in [0.5, 0.6) is 11.6 Å². The number of ether oxygens (including phenoxy) is 1. The zero-order valence-electron chi connectivity index (χ0n) is 11.1. The summed E-state index contributed by atoms with van der Waals surface area (Å²) in [6.07, 6.45) is 0.833. The standard InChI is InChI=1S/C14H17N3O2/c1-10-9-13(19-2)17-14(16-10)15-8-7-11-3-5-12(18)6-4-11/h3-6,9,18H,7-8H2,1-2H3,(H,15,16,17). The van der Waals surface area contributed by atoms with Crippen molar-refractivity contribution in [2.45, 2.75) is 13.3 Å². The molecule has 1 heterocycles. The van der Waals surface area contributed by atoms with E-state index in [-0.39, 0.29) is 5.75 Å². The second-order valence-electron chi connectivity index (χ2n) is 4.22. The van der Waals surface area contributed by atoms with Crippen molar-refractivity contribution in [3.63, 3.8) is 0 Å². The van der Waals surface area contributed by atoms with Crippen molar-refractivity contribution in [3.05, 3.63) is 41.6 Å². The number of nitrogens with one attached hydrogen (secondary N) is 1. The Kier molecular flexibility index (Phi) is 4.18. The van der Waals surface area contributed by atoms with Crippen molar-refractivity contribution >= 4 is 5.95 Å². The minimum absolute atomic E-state index is 0.281. The van der Waals surface area contributed by atoms with Gasteiger partial charge in [-0.05, 0) is 31.0 Å². The van der Waals surface area contributed by atoms with Crippen molar-refractivity contribution in [2.75, 3.05) is 19.0 Å². The van der Waals surface area contributed by atoms with Crippen LogP contribution in [0.4, 0.5) is 5.95 Å². The monoisotopic (exact) mass is 259 g/mol. The number of phenolic OH excluding ortho intramolecular Hbond substituents is 1. The number of aromatic nitrogens is 2. The number of hydrogen-bond donors (Lipinski definition) is 2. The lowest BCUT2D eigenvalue weighted by atomic mass is 10.1. The average molecular weight is 259 g/mol. The molecule has 5 heteroatoms. The fourth-order valence-corrected chi connectivity index (χ4v) is 1.70. The maximum Gasteiger partial charge on any atom is 0.226 e. The molecule has 0 unspecified atom stereocenters. The van der Waals surface area contributed by atoms with Crippen LogP contribution < -0.4 is 10.1 Å². The Morgan fingerprint density at radius 3 is 2.63 bits per heavy atom. The zero-order chi connectivity index (χ0) is 13.7. The number of anilines is 1. The Balaban J connectivity index is 1.92. The van der Waals surface area contributed by atoms with Crippen LogP contribution in [0.1, 0.15) is 11.3 Å². The van der Waals surface area contributed by atoms with E-state index < -0.39 is 0 Å². The number of nitrogens with zero attached hydrogens (tertiary/aromatic N) is 2. The highest BCUT2D eigenvalue weighted by Gasteiger charge is 2.01. The van der Waals surface area contributed by atoms with Crippen molar-refractivity contribution in [1.29, 1.82) is 0 Å². The van der Waals surface area contributed by atoms with Gasteiger partial charge in [0, 0.05) is 18.3 Å². The molecule has 2 N–H and O–H groups in total. The largest absolute Gasteiger partial charge is 0.508 e. The first-order valence-corrected chi connectivity index (χ1v) is 6.09. The molecule has 2 aromatic rings. The molecule has 0 aliphatic rings. The molecule has 0 fully saturated rings. The van der Waals surface area contributed by atoms with Crippen LogP contribution in [0.25, 0.3) is 0 Å². The maximum absolute atomic E-state index is 9.20. The van der Waals surface area contributed by atoms with Gasteiger partial charge in [-0.3, -0.25) is 0 Å². The number of aromatic hydroxyl groups is 1. The van der Waals surface area contributed by atoms with E-state index in [1.54, 1.807) is 25.3 Å². The van der Waals surface area contributed by atoms with E-state index in [2.05, 4.69) is 15.3 Å². The summed E-state index contributed by atoms with van der Waals surface area (Å²) in [7, 11) is 1.59. The summed E-state index contributed by atoms with van der Waals surface area (Å²) in [6, 6.07) is 8.94. The molecule has 0 saturated heterocycles. The van der Waals surface area contributed by atoms with E-state index in [1.807, 2.05) is 19.1 Å². The van der Waals surface area contributed by atoms with Crippen molar-refractivity contribution in [2.24, 2.45) is 0 Å². The minimum Gasteiger partial charge on any atom is -0.508 e. The van der Waals surface area contributed by atoms with Crippen molar-refractivity contribution < 1.29 is 9.84 Å². The number of benzene rings is 1. The number of hydrogen-bond acceptors (Lipinski definition) is 5. The lowest BCUT2D eigenvalue weighted by molar-refractivity contribution is 0.397. The van der Waals surface area contributed by atoms with Crippen LogP contribution in [0.15, 0.2) is 30.3 Å². The van der Waals surface area contributed by atoms with Crippen molar-refractivity contribution in [1.82, 2.24) is 9.97 Å². The van der Waals surface area contributed by atoms with E-state index in [9.17, 15) is 5.11 Å². The third kappa shape index (κ3) is 3.84. The Morgan fingerprint density at radius 1 is 1.21 bits per heavy atom. The lowest BCUT2D eigenvalue weighted by Crippen LogP contribution is -2.09. The minimum atomic E-state index is 0.281. The van der Waals surface area contributed by atoms with E-state index in [4.69, 9.17) is 4.74 Å². The van der Waals surface area contributed by atoms with Gasteiger partial charge in [-0.25, -0.2) is 4.98 Å². The second kappa shape index (κ2) is 6.04. The van der Waals surface area contributed by atoms with E-state index in [1.165, 1.54) is 0 Å². The molecule has 1 aromatic carbocycles. The van der Waals surface area contributed by atoms with E-state index in [0.29, 0.717) is 11.8 Å². The normalized spacial score (nSPS) is 10.2. The van der Waals surface area contributed by atoms with Gasteiger partial charge >= 0.3 is 0 Å². The summed E-state index contributed by atoms with van der Waals surface area (Å²) >= 11 is 0. The predicted octanol–water partition coefficient (Wildman–Crippen LogP) is 2.15. The molecule has 0 radical (unpaired) electrons. The first kappa shape index (κ1) is 13.1. The van der Waals surface area contributed by atoms with Gasteiger partial charge in [0.15, 0.2) is 0 Å². The summed E-state index contributed by atoms with van der Waals surface area (Å²) in [5, 5.41) is 12.4. The summed E-state index contributed by atoms with van der Waals surface area (Å²) in [5.74, 6) is 1.40. The number of phenols is 1. The SMILES string of the molecule is COc1cc(C)nc(NCCc2ccc(O)cc2)n1. The summed E-state index contributed by atoms with van der Waals surface area (Å²) < 4.78 is 5.09. The molecule has 5 nitrogen and oxygen atoms in total. The smallest absolute Gasteiger partial charge is 0.226 e. The van der Waals surface area contributed by atoms with Crippen LogP contribution in [-0.2, 0) is 6.42 Å². The second-order valence-corrected chi connectivity index (χ2v) is 4.22. The van der Waals surface area contributed by atoms with Gasteiger partial charge in [-0.15, -0.1) is 0 Å². The highest BCUT2D eigenvalue weighted by molar-refractivity contribution is 5.31. The number of aryl methyl sites for hydroxylation is 1. The van der Waals surface area contributed by atoms with Crippen LogP contribution in [0, 0.1) is 6.92 Å². The Labute approximate surface area is 112 Å². The Bertz CT molecular complexity index is 541. The van der Waals surface area contributed by atoms with Crippen LogP contribution in [0.2, 0.25) is 0 Å². The highest BCUT2D eigenvalue weighted by Crippen LogP contribution is 2.12. The van der Waals surface area contributed by atoms with Crippen LogP contribution in [-0.4, -0.2) is 28.7 Å². The molecule has 0 aliphatic heterocycles. The predicted molar refractivity (Wildman–Crippen MR) is 73.6 cm³/mol. The third-order valence-electron chi connectivity index (χ3n) is 2.67. The molecule has 2 rings (SSSR count). The molecule has 0 bridgehead atoms. The van der Waals surface area contributed by atoms with Crippen molar-refractivity contribution in [3.8, 4) is 11.6 Å². The zero-order valence-corrected chi connectivity index (χ0v) is 11.1. The van der Waals surface area contributed by atoms with Gasteiger partial charge in [0.2, 0.25) is 11.8 Å². The van der Waals surface area contributed by atoms with E-state index >= 15 is 0 Å². The molecule has 0 atom stereocenters. The molecule has 0 spiro atoms. The quantitative estimate of drug-likeness (QED) is 0.861. The lowest BCUT2D eigenvalue weighted by Gasteiger charge is -2.07. The number of methoxy groups -OCH3 is 1. The molecule has 100 valence electrons. The fraction of sp³-hybridized carbons (Fsp3) is 0.286. The molecular formula is C14H17N3O2. The molecule has 0 saturated carbocycles. The van der Waals surface area contributed by atoms with Crippen LogP contribution >= 0.6 is 0 Å². The van der Waals surface area contributed by atoms with Gasteiger partial charge < -0.3 is 15.2 Å². The van der Waals surface area contributed by atoms with Gasteiger partial charge in [0.1, 0.15) is 5.75 Å². The summed E-state index contributed by atoms with van der Waals surface area (Å²) in [5.41, 5.74) is 2.00. The fourth-order valence-electron chi connectivity index (χ4n) is 1.70. The number of rotatable bonds is 5. The summed E-state index contributed by atoms with van der Waals surface area (Å²) in [4.78, 5) is 8.50. The van der Waals surface area contributed by atoms with Gasteiger partial charge in [0.05, 0.1) is 7.11 Å². The first-order valence-electron chi connectivity index (χ1n) is 6.09. The third-order valence-corrected chi connectivity index (χ3v) is 2.67. The molecule has 0 amide bonds. The first-order chi connectivity index (χ1) is 9.17. The topological polar surface area (TPSA) is 67.3 Å². The summed E-state index contributed by atoms with van der Waals surface area (Å²) in [6.45, 7) is 2.62. The van der Waals surface area contributed by atoms with Gasteiger partial charge in [-0.1, -0.05) is 12.1 Å². The molecule has 0 aliphatic carbocycles. The molecule has 19 heavy (non-hydrogen) atoms. The van der Waals surface area contributed by atoms with Crippen LogP contribution in [0.3, 0.4) is 0 Å².